The highest BCUT2D eigenvalue weighted by molar-refractivity contribution is 5.92. The number of benzene rings is 1. The number of para-hydroxylation sites is 1. The van der Waals surface area contributed by atoms with E-state index in [1.54, 1.807) is 12.3 Å². The maximum Gasteiger partial charge on any atom is 0.229 e. The first-order chi connectivity index (χ1) is 9.22. The number of nitrogens with one attached hydrogen (secondary N) is 1. The molecular weight excluding hydrogens is 238 g/mol. The molecule has 5 nitrogen and oxygen atoms in total. The van der Waals surface area contributed by atoms with E-state index in [1.807, 2.05) is 37.3 Å². The number of nitrogens with zero attached hydrogens (tertiary/aromatic N) is 3. The van der Waals surface area contributed by atoms with Gasteiger partial charge in [-0.1, -0.05) is 18.2 Å². The predicted octanol–water partition coefficient (Wildman–Crippen LogP) is 2.66. The number of hydrogen-bond donors (Lipinski definition) is 2. The fourth-order valence-corrected chi connectivity index (χ4v) is 1.96. The van der Waals surface area contributed by atoms with Crippen LogP contribution >= 0.6 is 0 Å². The van der Waals surface area contributed by atoms with Crippen molar-refractivity contribution in [2.24, 2.45) is 0 Å². The number of nitrogen functional groups attached to an aromatic ring is 1. The second-order valence-corrected chi connectivity index (χ2v) is 4.26. The molecule has 0 radical (unpaired) electrons. The number of nitrogens with two attached hydrogens (primary N) is 1. The number of aryl methyl sites for hydroxylation is 1. The fourth-order valence-electron chi connectivity index (χ4n) is 1.96. The van der Waals surface area contributed by atoms with Gasteiger partial charge < -0.3 is 11.1 Å². The van der Waals surface area contributed by atoms with Crippen LogP contribution in [-0.2, 0) is 0 Å². The molecule has 3 rings (SSSR count). The number of anilines is 3. The minimum atomic E-state index is 0.438. The van der Waals surface area contributed by atoms with E-state index in [1.165, 1.54) is 0 Å². The third-order valence-electron chi connectivity index (χ3n) is 2.77. The van der Waals surface area contributed by atoms with Gasteiger partial charge >= 0.3 is 0 Å². The van der Waals surface area contributed by atoms with Crippen LogP contribution in [-0.4, -0.2) is 15.0 Å². The fraction of sp³-hybridized carbons (Fsp3) is 0.0714. The van der Waals surface area contributed by atoms with E-state index >= 15 is 0 Å². The molecule has 19 heavy (non-hydrogen) atoms. The zero-order chi connectivity index (χ0) is 13.2. The molecule has 0 aliphatic rings. The lowest BCUT2D eigenvalue weighted by Crippen LogP contribution is -2.01. The van der Waals surface area contributed by atoms with Gasteiger partial charge in [0.05, 0.1) is 11.2 Å². The van der Waals surface area contributed by atoms with Crippen molar-refractivity contribution in [2.45, 2.75) is 6.92 Å². The summed E-state index contributed by atoms with van der Waals surface area (Å²) in [4.78, 5) is 12.8. The largest absolute Gasteiger partial charge is 0.384 e. The minimum absolute atomic E-state index is 0.438. The van der Waals surface area contributed by atoms with E-state index < -0.39 is 0 Å². The van der Waals surface area contributed by atoms with Gasteiger partial charge in [-0.05, 0) is 25.1 Å². The Hall–Kier alpha value is -2.69. The topological polar surface area (TPSA) is 76.7 Å². The normalized spacial score (nSPS) is 10.6. The van der Waals surface area contributed by atoms with Crippen molar-refractivity contribution in [2.75, 3.05) is 11.1 Å². The summed E-state index contributed by atoms with van der Waals surface area (Å²) in [6, 6.07) is 11.6. The molecule has 0 aliphatic carbocycles. The summed E-state index contributed by atoms with van der Waals surface area (Å²) in [7, 11) is 0. The van der Waals surface area contributed by atoms with E-state index in [0.717, 1.165) is 22.3 Å². The van der Waals surface area contributed by atoms with Crippen molar-refractivity contribution in [3.05, 3.63) is 48.3 Å². The number of fused-ring (bicyclic) bond motifs is 1. The highest BCUT2D eigenvalue weighted by Gasteiger charge is 2.05. The molecule has 2 aromatic heterocycles. The van der Waals surface area contributed by atoms with Gasteiger partial charge in [0.1, 0.15) is 5.82 Å². The van der Waals surface area contributed by atoms with Gasteiger partial charge in [0.2, 0.25) is 5.95 Å². The number of pyridine rings is 1. The third kappa shape index (κ3) is 2.30. The Labute approximate surface area is 110 Å². The molecule has 5 heteroatoms. The lowest BCUT2D eigenvalue weighted by atomic mass is 10.1. The molecule has 0 aliphatic heterocycles. The number of hydrogen-bond acceptors (Lipinski definition) is 5. The maximum absolute atomic E-state index is 5.65. The molecule has 3 N–H and O–H groups in total. The first-order valence-corrected chi connectivity index (χ1v) is 5.94. The molecule has 0 saturated heterocycles. The molecule has 0 saturated carbocycles. The zero-order valence-corrected chi connectivity index (χ0v) is 10.5. The van der Waals surface area contributed by atoms with Crippen LogP contribution in [0.25, 0.3) is 10.9 Å². The minimum Gasteiger partial charge on any atom is -0.384 e. The summed E-state index contributed by atoms with van der Waals surface area (Å²) in [6.45, 7) is 1.96. The predicted molar refractivity (Wildman–Crippen MR) is 76.2 cm³/mol. The van der Waals surface area contributed by atoms with Crippen molar-refractivity contribution in [3.8, 4) is 0 Å². The zero-order valence-electron chi connectivity index (χ0n) is 10.5. The van der Waals surface area contributed by atoms with Crippen molar-refractivity contribution < 1.29 is 0 Å². The summed E-state index contributed by atoms with van der Waals surface area (Å²) in [5, 5.41) is 4.21. The van der Waals surface area contributed by atoms with Crippen molar-refractivity contribution in [1.29, 1.82) is 0 Å². The summed E-state index contributed by atoms with van der Waals surface area (Å²) in [6.07, 6.45) is 1.63. The Morgan fingerprint density at radius 1 is 1.11 bits per heavy atom. The van der Waals surface area contributed by atoms with E-state index in [9.17, 15) is 0 Å². The first-order valence-electron chi connectivity index (χ1n) is 5.94. The monoisotopic (exact) mass is 251 g/mol. The van der Waals surface area contributed by atoms with Gasteiger partial charge in [-0.2, -0.15) is 4.98 Å². The van der Waals surface area contributed by atoms with Gasteiger partial charge in [-0.25, -0.2) is 4.98 Å². The van der Waals surface area contributed by atoms with Crippen LogP contribution in [0.2, 0.25) is 0 Å². The van der Waals surface area contributed by atoms with E-state index in [-0.39, 0.29) is 0 Å². The third-order valence-corrected chi connectivity index (χ3v) is 2.77. The molecule has 3 aromatic rings. The molecule has 1 aromatic carbocycles. The van der Waals surface area contributed by atoms with Gasteiger partial charge in [0, 0.05) is 17.3 Å². The standard InChI is InChI=1S/C14H13N5/c1-9-8-12(10-4-2-3-5-11(10)17-9)18-14-16-7-6-13(15)19-14/h2-8H,1H3,(H3,15,16,17,18,19). The van der Waals surface area contributed by atoms with Crippen LogP contribution in [0.15, 0.2) is 42.6 Å². The smallest absolute Gasteiger partial charge is 0.229 e. The van der Waals surface area contributed by atoms with Crippen LogP contribution in [0.3, 0.4) is 0 Å². The highest BCUT2D eigenvalue weighted by atomic mass is 15.1. The number of aromatic nitrogens is 3. The summed E-state index contributed by atoms with van der Waals surface area (Å²) in [5.74, 6) is 0.920. The summed E-state index contributed by atoms with van der Waals surface area (Å²) < 4.78 is 0. The van der Waals surface area contributed by atoms with Crippen LogP contribution < -0.4 is 11.1 Å². The molecule has 0 unspecified atom stereocenters. The second kappa shape index (κ2) is 4.53. The van der Waals surface area contributed by atoms with Gasteiger partial charge in [-0.3, -0.25) is 4.98 Å². The Balaban J connectivity index is 2.09. The van der Waals surface area contributed by atoms with Crippen LogP contribution in [0.5, 0.6) is 0 Å². The van der Waals surface area contributed by atoms with Crippen molar-refractivity contribution >= 4 is 28.4 Å². The molecule has 0 fully saturated rings. The molecule has 0 amide bonds. The molecule has 0 atom stereocenters. The van der Waals surface area contributed by atoms with Crippen molar-refractivity contribution in [3.63, 3.8) is 0 Å². The highest BCUT2D eigenvalue weighted by Crippen LogP contribution is 2.24. The van der Waals surface area contributed by atoms with E-state index in [2.05, 4.69) is 20.3 Å². The second-order valence-electron chi connectivity index (χ2n) is 4.26. The summed E-state index contributed by atoms with van der Waals surface area (Å²) >= 11 is 0. The molecule has 2 heterocycles. The molecule has 0 bridgehead atoms. The average molecular weight is 251 g/mol. The Bertz CT molecular complexity index is 739. The van der Waals surface area contributed by atoms with Crippen LogP contribution in [0.4, 0.5) is 17.5 Å². The maximum atomic E-state index is 5.65. The first kappa shape index (κ1) is 11.4. The molecule has 94 valence electrons. The van der Waals surface area contributed by atoms with E-state index in [4.69, 9.17) is 5.73 Å². The summed E-state index contributed by atoms with van der Waals surface area (Å²) in [5.41, 5.74) is 8.45. The molecular formula is C14H13N5. The quantitative estimate of drug-likeness (QED) is 0.732. The SMILES string of the molecule is Cc1cc(Nc2nccc(N)n2)c2ccccc2n1. The lowest BCUT2D eigenvalue weighted by molar-refractivity contribution is 1.17. The van der Waals surface area contributed by atoms with Gasteiger partial charge in [-0.15, -0.1) is 0 Å². The van der Waals surface area contributed by atoms with E-state index in [0.29, 0.717) is 11.8 Å². The molecule has 0 spiro atoms. The van der Waals surface area contributed by atoms with Crippen molar-refractivity contribution in [1.82, 2.24) is 15.0 Å². The Morgan fingerprint density at radius 3 is 2.79 bits per heavy atom. The Morgan fingerprint density at radius 2 is 1.95 bits per heavy atom. The van der Waals surface area contributed by atoms with Crippen LogP contribution in [0, 0.1) is 6.92 Å². The number of rotatable bonds is 2. The van der Waals surface area contributed by atoms with Gasteiger partial charge in [0.15, 0.2) is 0 Å². The average Bonchev–Trinajstić information content (AvgIpc) is 2.38. The van der Waals surface area contributed by atoms with Crippen LogP contribution in [0.1, 0.15) is 5.69 Å². The Kier molecular flexibility index (Phi) is 2.72. The lowest BCUT2D eigenvalue weighted by Gasteiger charge is -2.09. The van der Waals surface area contributed by atoms with Gasteiger partial charge in [0.25, 0.3) is 0 Å².